The van der Waals surface area contributed by atoms with Crippen molar-refractivity contribution >= 4 is 67.2 Å². The van der Waals surface area contributed by atoms with Crippen LogP contribution in [0, 0.1) is 13.8 Å². The first-order valence-corrected chi connectivity index (χ1v) is 28.8. The van der Waals surface area contributed by atoms with Crippen molar-refractivity contribution in [2.24, 2.45) is 0 Å². The van der Waals surface area contributed by atoms with Gasteiger partial charge >= 0.3 is 11.9 Å². The summed E-state index contributed by atoms with van der Waals surface area (Å²) in [5.41, 5.74) is 9.46. The third-order valence-electron chi connectivity index (χ3n) is 14.1. The van der Waals surface area contributed by atoms with Gasteiger partial charge in [0, 0.05) is 56.1 Å². The molecule has 8 aromatic carbocycles. The number of ether oxygens (including phenoxy) is 8. The number of nitrogens with one attached hydrogen (secondary N) is 1. The highest BCUT2D eigenvalue weighted by atomic mass is 35.5. The number of nitrogens with zero attached hydrogens (tertiary/aromatic N) is 3. The number of rotatable bonds is 21. The summed E-state index contributed by atoms with van der Waals surface area (Å²) in [5.74, 6) is 6.16. The summed E-state index contributed by atoms with van der Waals surface area (Å²) in [6, 6.07) is 59.0. The number of oxazole rings is 2. The quantitative estimate of drug-likeness (QED) is 0.0530. The molecule has 17 heteroatoms. The molecule has 4 aromatic heterocycles. The second-order valence-corrected chi connectivity index (χ2v) is 20.0. The predicted molar refractivity (Wildman–Crippen MR) is 336 cm³/mol. The van der Waals surface area contributed by atoms with Crippen molar-refractivity contribution < 1.29 is 56.3 Å². The van der Waals surface area contributed by atoms with Gasteiger partial charge in [0.05, 0.1) is 38.5 Å². The maximum absolute atomic E-state index is 12.0. The number of halogens is 1. The van der Waals surface area contributed by atoms with Gasteiger partial charge in [0.1, 0.15) is 47.6 Å². The van der Waals surface area contributed by atoms with Crippen LogP contribution in [-0.4, -0.2) is 72.1 Å². The molecule has 0 aliphatic heterocycles. The minimum Gasteiger partial charge on any atom is -0.493 e. The number of para-hydroxylation sites is 2. The Balaban J connectivity index is 0.000000160. The molecule has 4 heterocycles. The number of methoxy groups -OCH3 is 2. The number of benzene rings is 8. The first kappa shape index (κ1) is 60.0. The molecule has 0 saturated heterocycles. The number of carbonyl (C=O) groups is 2. The minimum absolute atomic E-state index is 0.0769. The average molecular weight is 1190 g/mol. The van der Waals surface area contributed by atoms with Gasteiger partial charge < -0.3 is 56.3 Å². The molecule has 0 bridgehead atoms. The van der Waals surface area contributed by atoms with Crippen LogP contribution >= 0.6 is 11.6 Å². The van der Waals surface area contributed by atoms with E-state index in [0.717, 1.165) is 83.0 Å². The Kier molecular flexibility index (Phi) is 19.7. The standard InChI is InChI=1S/C35H32N2O6.C19H18ClNO3.C16H15NO3/c1-4-40-33(38)22-42-31-16-10-15-29-34(31)26-13-8-9-14-28(26)37(29)20-24-17-18-30(32(19-24)39-3)41-21-27-23(2)43-35(36-27)25-11-6-5-7-12-25;1-13-16(21-19(24-13)15-6-4-3-5-7-15)12-23-17-9-8-14(11-20)10-18(17)22-2;1-2-19-15(18)10-20-14-9-5-8-13-16(14)11-6-3-4-7-12(11)17-13/h5-19H,4,20-22H2,1-3H3;3-10H,11-12H2,1-2H3;3-9,17H,2,10H2,1H3. The highest BCUT2D eigenvalue weighted by molar-refractivity contribution is 6.17. The third-order valence-corrected chi connectivity index (χ3v) is 14.4. The van der Waals surface area contributed by atoms with Crippen LogP contribution in [0.1, 0.15) is 47.9 Å². The Labute approximate surface area is 508 Å². The lowest BCUT2D eigenvalue weighted by molar-refractivity contribution is -0.146. The molecule has 0 aliphatic carbocycles. The number of aromatic amines is 1. The van der Waals surface area contributed by atoms with E-state index >= 15 is 0 Å². The van der Waals surface area contributed by atoms with Crippen molar-refractivity contribution in [1.29, 1.82) is 0 Å². The number of alkyl halides is 1. The molecular weight excluding hydrogens is 1120 g/mol. The molecular formula is C70H65ClN4O12. The van der Waals surface area contributed by atoms with Gasteiger partial charge in [-0.05, 0) is 124 Å². The average Bonchev–Trinajstić information content (AvgIpc) is 3.47. The van der Waals surface area contributed by atoms with Crippen LogP contribution in [0.4, 0.5) is 0 Å². The van der Waals surface area contributed by atoms with Gasteiger partial charge in [-0.1, -0.05) is 97.1 Å². The Bertz CT molecular complexity index is 4290. The Morgan fingerprint density at radius 2 is 0.977 bits per heavy atom. The number of H-pyrrole nitrogens is 1. The molecule has 0 radical (unpaired) electrons. The van der Waals surface area contributed by atoms with E-state index in [-0.39, 0.29) is 25.8 Å². The fraction of sp³-hybridized carbons (Fsp3) is 0.200. The molecule has 0 spiro atoms. The van der Waals surface area contributed by atoms with Crippen molar-refractivity contribution in [3.63, 3.8) is 0 Å². The monoisotopic (exact) mass is 1190 g/mol. The summed E-state index contributed by atoms with van der Waals surface area (Å²) < 4.78 is 58.4. The summed E-state index contributed by atoms with van der Waals surface area (Å²) in [6.07, 6.45) is 0. The lowest BCUT2D eigenvalue weighted by atomic mass is 10.1. The van der Waals surface area contributed by atoms with E-state index in [9.17, 15) is 9.59 Å². The summed E-state index contributed by atoms with van der Waals surface area (Å²) >= 11 is 5.84. The fourth-order valence-electron chi connectivity index (χ4n) is 9.87. The van der Waals surface area contributed by atoms with Crippen molar-refractivity contribution in [2.75, 3.05) is 40.6 Å². The van der Waals surface area contributed by atoms with Crippen LogP contribution < -0.4 is 28.4 Å². The number of carbonyl (C=O) groups excluding carboxylic acids is 2. The van der Waals surface area contributed by atoms with E-state index in [2.05, 4.69) is 37.7 Å². The summed E-state index contributed by atoms with van der Waals surface area (Å²) in [7, 11) is 3.24. The maximum atomic E-state index is 12.0. The molecule has 0 amide bonds. The smallest absolute Gasteiger partial charge is 0.344 e. The SMILES string of the molecule is CCOC(=O)COc1cccc2[nH]c3ccccc3c12.CCOC(=O)COc1cccc2c1c1ccccc1n2Cc1ccc(OCc2nc(-c3ccccc3)oc2C)c(OC)c1.COc1cc(CCl)ccc1OCc1nc(-c2ccccc2)oc1C. The number of fused-ring (bicyclic) bond motifs is 6. The Hall–Kier alpha value is -10.2. The second kappa shape index (κ2) is 28.6. The van der Waals surface area contributed by atoms with Crippen molar-refractivity contribution in [2.45, 2.75) is 53.3 Å². The van der Waals surface area contributed by atoms with E-state index < -0.39 is 5.97 Å². The molecule has 1 N–H and O–H groups in total. The molecule has 12 aromatic rings. The molecule has 444 valence electrons. The summed E-state index contributed by atoms with van der Waals surface area (Å²) in [5, 5.41) is 4.07. The van der Waals surface area contributed by atoms with Crippen LogP contribution in [0.25, 0.3) is 66.5 Å². The van der Waals surface area contributed by atoms with E-state index in [1.165, 1.54) is 0 Å². The van der Waals surface area contributed by atoms with Gasteiger partial charge in [-0.25, -0.2) is 19.6 Å². The number of hydrogen-bond acceptors (Lipinski definition) is 14. The number of aromatic nitrogens is 4. The van der Waals surface area contributed by atoms with Gasteiger partial charge in [-0.3, -0.25) is 0 Å². The topological polar surface area (TPSA) is 181 Å². The van der Waals surface area contributed by atoms with Crippen molar-refractivity contribution in [3.05, 3.63) is 216 Å². The van der Waals surface area contributed by atoms with Crippen LogP contribution in [0.3, 0.4) is 0 Å². The fourth-order valence-corrected chi connectivity index (χ4v) is 10.0. The largest absolute Gasteiger partial charge is 0.493 e. The highest BCUT2D eigenvalue weighted by Gasteiger charge is 2.19. The van der Waals surface area contributed by atoms with E-state index in [0.29, 0.717) is 84.3 Å². The van der Waals surface area contributed by atoms with Crippen molar-refractivity contribution in [1.82, 2.24) is 19.5 Å². The zero-order valence-corrected chi connectivity index (χ0v) is 49.9. The molecule has 0 fully saturated rings. The number of hydrogen-bond donors (Lipinski definition) is 1. The summed E-state index contributed by atoms with van der Waals surface area (Å²) in [4.78, 5) is 35.9. The molecule has 0 unspecified atom stereocenters. The highest BCUT2D eigenvalue weighted by Crippen LogP contribution is 2.38. The zero-order valence-electron chi connectivity index (χ0n) is 49.1. The van der Waals surface area contributed by atoms with Gasteiger partial charge in [0.2, 0.25) is 11.8 Å². The molecule has 0 aliphatic rings. The lowest BCUT2D eigenvalue weighted by Gasteiger charge is -2.13. The Morgan fingerprint density at radius 1 is 0.494 bits per heavy atom. The zero-order chi connectivity index (χ0) is 60.7. The number of aryl methyl sites for hydroxylation is 2. The third kappa shape index (κ3) is 14.3. The molecule has 0 saturated carbocycles. The Morgan fingerprint density at radius 3 is 1.54 bits per heavy atom. The van der Waals surface area contributed by atoms with Crippen LogP contribution in [0.15, 0.2) is 191 Å². The van der Waals surface area contributed by atoms with Crippen LogP contribution in [0.2, 0.25) is 0 Å². The van der Waals surface area contributed by atoms with E-state index in [1.807, 2.05) is 178 Å². The maximum Gasteiger partial charge on any atom is 0.344 e. The summed E-state index contributed by atoms with van der Waals surface area (Å²) in [6.45, 7) is 8.91. The molecule has 12 rings (SSSR count). The first-order valence-electron chi connectivity index (χ1n) is 28.3. The minimum atomic E-state index is -0.395. The van der Waals surface area contributed by atoms with Crippen LogP contribution in [-0.2, 0) is 44.7 Å². The van der Waals surface area contributed by atoms with Gasteiger partial charge in [0.15, 0.2) is 36.2 Å². The number of esters is 2. The van der Waals surface area contributed by atoms with Gasteiger partial charge in [0.25, 0.3) is 0 Å². The molecule has 16 nitrogen and oxygen atoms in total. The van der Waals surface area contributed by atoms with Crippen LogP contribution in [0.5, 0.6) is 34.5 Å². The van der Waals surface area contributed by atoms with Crippen molar-refractivity contribution in [3.8, 4) is 57.4 Å². The first-order chi connectivity index (χ1) is 42.5. The molecule has 87 heavy (non-hydrogen) atoms. The molecule has 0 atom stereocenters. The normalized spacial score (nSPS) is 10.9. The van der Waals surface area contributed by atoms with E-state index in [1.54, 1.807) is 28.1 Å². The van der Waals surface area contributed by atoms with E-state index in [4.69, 9.17) is 58.3 Å². The predicted octanol–water partition coefficient (Wildman–Crippen LogP) is 15.6. The lowest BCUT2D eigenvalue weighted by Crippen LogP contribution is -2.14. The van der Waals surface area contributed by atoms with Gasteiger partial charge in [-0.15, -0.1) is 11.6 Å². The second-order valence-electron chi connectivity index (χ2n) is 19.7. The van der Waals surface area contributed by atoms with Gasteiger partial charge in [-0.2, -0.15) is 0 Å².